The van der Waals surface area contributed by atoms with E-state index in [1.54, 1.807) is 6.08 Å². The molecular formula is C33H37NO6. The van der Waals surface area contributed by atoms with Gasteiger partial charge in [0, 0.05) is 20.4 Å². The summed E-state index contributed by atoms with van der Waals surface area (Å²) in [6.45, 7) is 8.23. The van der Waals surface area contributed by atoms with Gasteiger partial charge in [-0.3, -0.25) is 14.5 Å². The second-order valence-electron chi connectivity index (χ2n) is 9.86. The van der Waals surface area contributed by atoms with Gasteiger partial charge in [-0.15, -0.1) is 6.58 Å². The minimum absolute atomic E-state index is 0.251. The smallest absolute Gasteiger partial charge is 0.303 e. The Morgan fingerprint density at radius 2 is 1.23 bits per heavy atom. The summed E-state index contributed by atoms with van der Waals surface area (Å²) in [6, 6.07) is 28.7. The predicted octanol–water partition coefficient (Wildman–Crippen LogP) is 5.09. The Balaban J connectivity index is 1.70. The third kappa shape index (κ3) is 7.88. The van der Waals surface area contributed by atoms with Crippen LogP contribution in [0.15, 0.2) is 104 Å². The number of ether oxygens (including phenoxy) is 4. The highest BCUT2D eigenvalue weighted by Crippen LogP contribution is 2.34. The molecule has 1 aliphatic heterocycles. The third-order valence-electron chi connectivity index (χ3n) is 6.91. The maximum absolute atomic E-state index is 12.5. The topological polar surface area (TPSA) is 74.3 Å². The molecule has 1 aliphatic rings. The highest BCUT2D eigenvalue weighted by molar-refractivity contribution is 5.67. The van der Waals surface area contributed by atoms with E-state index in [2.05, 4.69) is 11.5 Å². The van der Waals surface area contributed by atoms with Gasteiger partial charge in [0.15, 0.2) is 6.10 Å². The molecule has 0 aromatic heterocycles. The summed E-state index contributed by atoms with van der Waals surface area (Å²) in [4.78, 5) is 26.9. The van der Waals surface area contributed by atoms with Gasteiger partial charge in [-0.1, -0.05) is 97.1 Å². The number of rotatable bonds is 12. The Kier molecular flexibility index (Phi) is 10.6. The van der Waals surface area contributed by atoms with Crippen molar-refractivity contribution < 1.29 is 28.5 Å². The number of carbonyl (C=O) groups excluding carboxylic acids is 2. The van der Waals surface area contributed by atoms with E-state index in [1.165, 1.54) is 13.8 Å². The van der Waals surface area contributed by atoms with Crippen molar-refractivity contribution in [2.24, 2.45) is 0 Å². The van der Waals surface area contributed by atoms with Crippen molar-refractivity contribution in [2.75, 3.05) is 6.61 Å². The van der Waals surface area contributed by atoms with E-state index in [-0.39, 0.29) is 13.2 Å². The first-order valence-corrected chi connectivity index (χ1v) is 13.5. The minimum Gasteiger partial charge on any atom is -0.458 e. The zero-order valence-corrected chi connectivity index (χ0v) is 23.1. The number of hydrogen-bond donors (Lipinski definition) is 0. The summed E-state index contributed by atoms with van der Waals surface area (Å²) in [5.74, 6) is -0.908. The fourth-order valence-corrected chi connectivity index (χ4v) is 5.17. The van der Waals surface area contributed by atoms with Gasteiger partial charge in [-0.25, -0.2) is 0 Å². The molecule has 1 heterocycles. The molecule has 3 aromatic rings. The molecule has 210 valence electrons. The number of likely N-dealkylation sites (tertiary alicyclic amines) is 1. The number of hydrogen-bond acceptors (Lipinski definition) is 7. The molecule has 5 atom stereocenters. The van der Waals surface area contributed by atoms with E-state index in [0.29, 0.717) is 13.2 Å². The van der Waals surface area contributed by atoms with Crippen LogP contribution in [0.1, 0.15) is 30.5 Å². The van der Waals surface area contributed by atoms with Crippen LogP contribution in [0.25, 0.3) is 0 Å². The number of piperidine rings is 1. The highest BCUT2D eigenvalue weighted by atomic mass is 16.6. The second-order valence-corrected chi connectivity index (χ2v) is 9.86. The largest absolute Gasteiger partial charge is 0.458 e. The number of benzene rings is 3. The van der Waals surface area contributed by atoms with Gasteiger partial charge in [-0.05, 0) is 16.7 Å². The molecule has 0 unspecified atom stereocenters. The lowest BCUT2D eigenvalue weighted by Gasteiger charge is -2.51. The number of nitrogens with zero attached hydrogens (tertiary/aromatic N) is 1. The molecule has 4 rings (SSSR count). The van der Waals surface area contributed by atoms with Crippen LogP contribution < -0.4 is 0 Å². The Labute approximate surface area is 236 Å². The minimum atomic E-state index is -0.777. The molecular weight excluding hydrogens is 506 g/mol. The Hall–Kier alpha value is -3.78. The van der Waals surface area contributed by atoms with Gasteiger partial charge in [0.2, 0.25) is 0 Å². The zero-order valence-electron chi connectivity index (χ0n) is 23.1. The average molecular weight is 544 g/mol. The van der Waals surface area contributed by atoms with E-state index in [9.17, 15) is 9.59 Å². The lowest BCUT2D eigenvalue weighted by atomic mass is 9.86. The Morgan fingerprint density at radius 3 is 1.75 bits per heavy atom. The van der Waals surface area contributed by atoms with Crippen molar-refractivity contribution in [1.82, 2.24) is 4.90 Å². The van der Waals surface area contributed by atoms with Crippen molar-refractivity contribution in [3.8, 4) is 0 Å². The van der Waals surface area contributed by atoms with Gasteiger partial charge in [0.25, 0.3) is 0 Å². The fraction of sp³-hybridized carbons (Fsp3) is 0.333. The zero-order chi connectivity index (χ0) is 28.3. The fourth-order valence-electron chi connectivity index (χ4n) is 5.17. The lowest BCUT2D eigenvalue weighted by molar-refractivity contribution is -0.217. The van der Waals surface area contributed by atoms with Gasteiger partial charge in [0.1, 0.15) is 12.2 Å². The molecule has 7 nitrogen and oxygen atoms in total. The molecule has 1 fully saturated rings. The van der Waals surface area contributed by atoms with E-state index in [0.717, 1.165) is 16.7 Å². The molecule has 0 spiro atoms. The van der Waals surface area contributed by atoms with Gasteiger partial charge >= 0.3 is 11.9 Å². The molecule has 1 saturated heterocycles. The molecule has 40 heavy (non-hydrogen) atoms. The van der Waals surface area contributed by atoms with E-state index in [1.807, 2.05) is 91.0 Å². The first-order chi connectivity index (χ1) is 19.5. The highest BCUT2D eigenvalue weighted by Gasteiger charge is 2.52. The van der Waals surface area contributed by atoms with Crippen molar-refractivity contribution in [1.29, 1.82) is 0 Å². The first-order valence-electron chi connectivity index (χ1n) is 13.5. The van der Waals surface area contributed by atoms with Crippen LogP contribution in [0.4, 0.5) is 0 Å². The van der Waals surface area contributed by atoms with Gasteiger partial charge in [0.05, 0.1) is 31.9 Å². The summed E-state index contributed by atoms with van der Waals surface area (Å²) in [7, 11) is 0. The molecule has 0 radical (unpaired) electrons. The molecule has 0 N–H and O–H groups in total. The Bertz CT molecular complexity index is 1220. The average Bonchev–Trinajstić information content (AvgIpc) is 2.95. The van der Waals surface area contributed by atoms with Crippen LogP contribution in [0, 0.1) is 0 Å². The predicted molar refractivity (Wildman–Crippen MR) is 152 cm³/mol. The molecule has 7 heteroatoms. The van der Waals surface area contributed by atoms with E-state index in [4.69, 9.17) is 18.9 Å². The molecule has 0 bridgehead atoms. The second kappa shape index (κ2) is 14.6. The summed E-state index contributed by atoms with van der Waals surface area (Å²) in [5.41, 5.74) is 3.03. The maximum Gasteiger partial charge on any atom is 0.303 e. The van der Waals surface area contributed by atoms with Crippen molar-refractivity contribution >= 4 is 11.9 Å². The van der Waals surface area contributed by atoms with Crippen LogP contribution in [0.3, 0.4) is 0 Å². The van der Waals surface area contributed by atoms with Crippen LogP contribution in [0.5, 0.6) is 0 Å². The van der Waals surface area contributed by atoms with E-state index >= 15 is 0 Å². The maximum atomic E-state index is 12.5. The molecule has 0 aliphatic carbocycles. The summed E-state index contributed by atoms with van der Waals surface area (Å²) < 4.78 is 24.5. The summed E-state index contributed by atoms with van der Waals surface area (Å²) in [5, 5.41) is 0. The SMILES string of the molecule is C=C[C@@H]1[C@H](OC(C)=O)[C@@H](OCc2ccccc2)[C@H](OC(C)=O)[C@@H](COCc2ccccc2)N1Cc1ccccc1. The molecule has 0 amide bonds. The number of esters is 2. The number of carbonyl (C=O) groups is 2. The van der Waals surface area contributed by atoms with Crippen LogP contribution in [-0.2, 0) is 48.3 Å². The lowest BCUT2D eigenvalue weighted by Crippen LogP contribution is -2.68. The standard InChI is InChI=1S/C33H37NO6/c1-4-29-31(39-24(2)35)33(38-22-28-18-12-7-13-19-28)32(40-25(3)36)30(23-37-21-27-16-10-6-11-17-27)34(29)20-26-14-8-5-9-15-26/h4-19,29-33H,1,20-23H2,2-3H3/t29-,30-,31+,32-,33-/m1/s1. The van der Waals surface area contributed by atoms with Crippen molar-refractivity contribution in [3.05, 3.63) is 120 Å². The third-order valence-corrected chi connectivity index (χ3v) is 6.91. The molecule has 3 aromatic carbocycles. The van der Waals surface area contributed by atoms with Gasteiger partial charge < -0.3 is 18.9 Å². The summed E-state index contributed by atoms with van der Waals surface area (Å²) >= 11 is 0. The molecule has 0 saturated carbocycles. The van der Waals surface area contributed by atoms with E-state index < -0.39 is 42.3 Å². The monoisotopic (exact) mass is 543 g/mol. The van der Waals surface area contributed by atoms with Crippen LogP contribution in [0.2, 0.25) is 0 Å². The van der Waals surface area contributed by atoms with Crippen LogP contribution in [-0.4, -0.2) is 53.8 Å². The summed E-state index contributed by atoms with van der Waals surface area (Å²) in [6.07, 6.45) is -0.532. The first kappa shape index (κ1) is 29.2. The van der Waals surface area contributed by atoms with Crippen LogP contribution >= 0.6 is 0 Å². The van der Waals surface area contributed by atoms with Gasteiger partial charge in [-0.2, -0.15) is 0 Å². The van der Waals surface area contributed by atoms with Crippen molar-refractivity contribution in [2.45, 2.75) is 64.0 Å². The van der Waals surface area contributed by atoms with Crippen molar-refractivity contribution in [3.63, 3.8) is 0 Å². The normalized spacial score (nSPS) is 22.8. The Morgan fingerprint density at radius 1 is 0.725 bits per heavy atom. The quantitative estimate of drug-likeness (QED) is 0.233.